The Kier molecular flexibility index (Phi) is 3.71. The fraction of sp³-hybridized carbons (Fsp3) is 0.733. The van der Waals surface area contributed by atoms with E-state index in [9.17, 15) is 0 Å². The highest BCUT2D eigenvalue weighted by Crippen LogP contribution is 2.57. The molecular formula is C15H25N3. The Balaban J connectivity index is 2.10. The van der Waals surface area contributed by atoms with Gasteiger partial charge in [-0.25, -0.2) is 9.97 Å². The summed E-state index contributed by atoms with van der Waals surface area (Å²) in [6.07, 6.45) is 4.38. The average molecular weight is 247 g/mol. The molecule has 1 N–H and O–H groups in total. The van der Waals surface area contributed by atoms with E-state index in [4.69, 9.17) is 4.98 Å². The summed E-state index contributed by atoms with van der Waals surface area (Å²) in [7, 11) is 0. The van der Waals surface area contributed by atoms with E-state index >= 15 is 0 Å². The summed E-state index contributed by atoms with van der Waals surface area (Å²) >= 11 is 0. The molecule has 1 fully saturated rings. The van der Waals surface area contributed by atoms with E-state index in [1.54, 1.807) is 0 Å². The predicted octanol–water partition coefficient (Wildman–Crippen LogP) is 3.36. The molecule has 0 saturated heterocycles. The molecule has 1 aromatic heterocycles. The van der Waals surface area contributed by atoms with Gasteiger partial charge in [-0.1, -0.05) is 20.8 Å². The number of hydrogen-bond donors (Lipinski definition) is 1. The van der Waals surface area contributed by atoms with E-state index in [-0.39, 0.29) is 0 Å². The summed E-state index contributed by atoms with van der Waals surface area (Å²) in [4.78, 5) is 9.28. The van der Waals surface area contributed by atoms with Crippen LogP contribution in [0.1, 0.15) is 69.6 Å². The van der Waals surface area contributed by atoms with E-state index < -0.39 is 0 Å². The van der Waals surface area contributed by atoms with Crippen LogP contribution in [0.4, 0.5) is 0 Å². The van der Waals surface area contributed by atoms with E-state index in [0.29, 0.717) is 17.4 Å². The molecule has 0 amide bonds. The molecule has 1 aliphatic carbocycles. The second kappa shape index (κ2) is 4.96. The van der Waals surface area contributed by atoms with Crippen molar-refractivity contribution in [3.63, 3.8) is 0 Å². The first-order valence-corrected chi connectivity index (χ1v) is 7.02. The Morgan fingerprint density at radius 3 is 2.67 bits per heavy atom. The third-order valence-electron chi connectivity index (χ3n) is 4.03. The van der Waals surface area contributed by atoms with Crippen LogP contribution in [-0.2, 0) is 0 Å². The number of aryl methyl sites for hydroxylation is 1. The van der Waals surface area contributed by atoms with Crippen LogP contribution < -0.4 is 5.32 Å². The minimum Gasteiger partial charge on any atom is -0.310 e. The van der Waals surface area contributed by atoms with Crippen LogP contribution in [0.3, 0.4) is 0 Å². The van der Waals surface area contributed by atoms with Crippen molar-refractivity contribution < 1.29 is 0 Å². The normalized spacial score (nSPS) is 22.8. The third kappa shape index (κ3) is 2.72. The summed E-state index contributed by atoms with van der Waals surface area (Å²) in [6.45, 7) is 12.1. The first-order valence-electron chi connectivity index (χ1n) is 7.02. The highest BCUT2D eigenvalue weighted by atomic mass is 14.9. The lowest BCUT2D eigenvalue weighted by atomic mass is 10.1. The minimum atomic E-state index is 0.339. The Labute approximate surface area is 110 Å². The van der Waals surface area contributed by atoms with Crippen molar-refractivity contribution in [3.8, 4) is 0 Å². The zero-order valence-corrected chi connectivity index (χ0v) is 12.2. The fourth-order valence-corrected chi connectivity index (χ4v) is 2.47. The molecule has 0 aliphatic heterocycles. The van der Waals surface area contributed by atoms with Gasteiger partial charge in [0.05, 0.1) is 0 Å². The van der Waals surface area contributed by atoms with Gasteiger partial charge < -0.3 is 5.32 Å². The van der Waals surface area contributed by atoms with Crippen molar-refractivity contribution in [3.05, 3.63) is 23.3 Å². The summed E-state index contributed by atoms with van der Waals surface area (Å²) in [5, 5.41) is 3.49. The zero-order chi connectivity index (χ0) is 13.3. The molecule has 2 unspecified atom stereocenters. The first-order chi connectivity index (χ1) is 8.45. The van der Waals surface area contributed by atoms with E-state index in [1.807, 2.05) is 6.20 Å². The maximum absolute atomic E-state index is 4.71. The highest BCUT2D eigenvalue weighted by molar-refractivity contribution is 5.24. The van der Waals surface area contributed by atoms with Gasteiger partial charge in [0.25, 0.3) is 0 Å². The molecule has 1 saturated carbocycles. The van der Waals surface area contributed by atoms with Crippen molar-refractivity contribution >= 4 is 0 Å². The molecule has 0 bridgehead atoms. The number of nitrogens with zero attached hydrogens (tertiary/aromatic N) is 2. The molecule has 18 heavy (non-hydrogen) atoms. The molecule has 0 aromatic carbocycles. The first kappa shape index (κ1) is 13.5. The molecule has 3 heteroatoms. The van der Waals surface area contributed by atoms with Crippen molar-refractivity contribution in [1.29, 1.82) is 0 Å². The van der Waals surface area contributed by atoms with Gasteiger partial charge in [0.1, 0.15) is 5.82 Å². The molecule has 2 rings (SSSR count). The van der Waals surface area contributed by atoms with Crippen LogP contribution in [0.15, 0.2) is 6.20 Å². The molecular weight excluding hydrogens is 222 g/mol. The van der Waals surface area contributed by atoms with Gasteiger partial charge in [-0.3, -0.25) is 0 Å². The van der Waals surface area contributed by atoms with Crippen LogP contribution in [0.5, 0.6) is 0 Å². The SMILES string of the molecule is CCCNC(C)c1cnc(C2CC2(C)C)nc1C. The van der Waals surface area contributed by atoms with Gasteiger partial charge >= 0.3 is 0 Å². The van der Waals surface area contributed by atoms with E-state index in [2.05, 4.69) is 44.9 Å². The van der Waals surface area contributed by atoms with Gasteiger partial charge in [0.2, 0.25) is 0 Å². The quantitative estimate of drug-likeness (QED) is 0.867. The maximum atomic E-state index is 4.71. The van der Waals surface area contributed by atoms with Gasteiger partial charge in [0.15, 0.2) is 0 Å². The summed E-state index contributed by atoms with van der Waals surface area (Å²) < 4.78 is 0. The monoisotopic (exact) mass is 247 g/mol. The lowest BCUT2D eigenvalue weighted by Gasteiger charge is -2.16. The van der Waals surface area contributed by atoms with Crippen molar-refractivity contribution in [1.82, 2.24) is 15.3 Å². The van der Waals surface area contributed by atoms with Crippen LogP contribution >= 0.6 is 0 Å². The Bertz CT molecular complexity index is 426. The summed E-state index contributed by atoms with van der Waals surface area (Å²) in [5.41, 5.74) is 2.75. The topological polar surface area (TPSA) is 37.8 Å². The highest BCUT2D eigenvalue weighted by Gasteiger charge is 2.48. The average Bonchev–Trinajstić information content (AvgIpc) is 2.95. The largest absolute Gasteiger partial charge is 0.310 e. The van der Waals surface area contributed by atoms with Gasteiger partial charge in [-0.05, 0) is 38.6 Å². The Morgan fingerprint density at radius 2 is 2.17 bits per heavy atom. The number of hydrogen-bond acceptors (Lipinski definition) is 3. The summed E-state index contributed by atoms with van der Waals surface area (Å²) in [5.74, 6) is 1.59. The van der Waals surface area contributed by atoms with E-state index in [1.165, 1.54) is 12.0 Å². The smallest absolute Gasteiger partial charge is 0.132 e. The number of nitrogens with one attached hydrogen (secondary N) is 1. The van der Waals surface area contributed by atoms with Gasteiger partial charge in [-0.15, -0.1) is 0 Å². The molecule has 1 aromatic rings. The second-order valence-electron chi connectivity index (χ2n) is 6.19. The molecule has 2 atom stereocenters. The molecule has 3 nitrogen and oxygen atoms in total. The number of aromatic nitrogens is 2. The van der Waals surface area contributed by atoms with Crippen LogP contribution in [-0.4, -0.2) is 16.5 Å². The zero-order valence-electron chi connectivity index (χ0n) is 12.2. The maximum Gasteiger partial charge on any atom is 0.132 e. The van der Waals surface area contributed by atoms with Crippen molar-refractivity contribution in [2.75, 3.05) is 6.54 Å². The van der Waals surface area contributed by atoms with Crippen LogP contribution in [0.25, 0.3) is 0 Å². The lowest BCUT2D eigenvalue weighted by Crippen LogP contribution is -2.21. The molecule has 100 valence electrons. The predicted molar refractivity (Wildman–Crippen MR) is 74.6 cm³/mol. The van der Waals surface area contributed by atoms with E-state index in [0.717, 1.165) is 24.5 Å². The molecule has 1 aliphatic rings. The van der Waals surface area contributed by atoms with Gasteiger partial charge in [0, 0.05) is 29.4 Å². The van der Waals surface area contributed by atoms with Crippen molar-refractivity contribution in [2.45, 2.75) is 59.4 Å². The molecule has 1 heterocycles. The summed E-state index contributed by atoms with van der Waals surface area (Å²) in [6, 6.07) is 0.339. The van der Waals surface area contributed by atoms with Crippen LogP contribution in [0, 0.1) is 12.3 Å². The Hall–Kier alpha value is -0.960. The van der Waals surface area contributed by atoms with Gasteiger partial charge in [-0.2, -0.15) is 0 Å². The standard InChI is InChI=1S/C15H25N3/c1-6-7-16-10(2)12-9-17-14(18-11(12)3)13-8-15(13,4)5/h9-10,13,16H,6-8H2,1-5H3. The molecule has 0 radical (unpaired) electrons. The minimum absolute atomic E-state index is 0.339. The van der Waals surface area contributed by atoms with Crippen molar-refractivity contribution in [2.24, 2.45) is 5.41 Å². The third-order valence-corrected chi connectivity index (χ3v) is 4.03. The fourth-order valence-electron chi connectivity index (χ4n) is 2.47. The molecule has 0 spiro atoms. The Morgan fingerprint density at radius 1 is 1.50 bits per heavy atom. The lowest BCUT2D eigenvalue weighted by molar-refractivity contribution is 0.560. The van der Waals surface area contributed by atoms with Crippen LogP contribution in [0.2, 0.25) is 0 Å². The second-order valence-corrected chi connectivity index (χ2v) is 6.19. The number of rotatable bonds is 5.